The molecular weight excluding hydrogens is 412 g/mol. The van der Waals surface area contributed by atoms with Crippen molar-refractivity contribution in [3.8, 4) is 16.3 Å². The number of nitrogens with one attached hydrogen (secondary N) is 1. The van der Waals surface area contributed by atoms with E-state index in [1.165, 1.54) is 24.5 Å². The van der Waals surface area contributed by atoms with Crippen molar-refractivity contribution in [1.82, 2.24) is 4.98 Å². The molecule has 1 aromatic heterocycles. The summed E-state index contributed by atoms with van der Waals surface area (Å²) in [6.45, 7) is 0. The van der Waals surface area contributed by atoms with E-state index in [0.29, 0.717) is 16.5 Å². The number of thiazole rings is 1. The van der Waals surface area contributed by atoms with Crippen LogP contribution in [0, 0.1) is 0 Å². The molecule has 0 unspecified atom stereocenters. The molecule has 0 saturated carbocycles. The number of nitrogens with zero attached hydrogens (tertiary/aromatic N) is 1. The molecule has 0 aliphatic rings. The molecule has 6 nitrogen and oxygen atoms in total. The van der Waals surface area contributed by atoms with E-state index in [4.69, 9.17) is 21.1 Å². The van der Waals surface area contributed by atoms with Crippen molar-refractivity contribution in [2.75, 3.05) is 19.5 Å². The minimum absolute atomic E-state index is 0.283. The third-order valence-corrected chi connectivity index (χ3v) is 5.23. The summed E-state index contributed by atoms with van der Waals surface area (Å²) >= 11 is 7.69. The predicted octanol–water partition coefficient (Wildman–Crippen LogP) is 4.91. The lowest BCUT2D eigenvalue weighted by Crippen LogP contribution is -2.12. The predicted molar refractivity (Wildman–Crippen MR) is 115 cm³/mol. The monoisotopic (exact) mass is 428 g/mol. The van der Waals surface area contributed by atoms with Crippen LogP contribution in [0.15, 0.2) is 54.7 Å². The highest BCUT2D eigenvalue weighted by atomic mass is 35.5. The molecule has 29 heavy (non-hydrogen) atoms. The number of carbonyl (C=O) groups excluding carboxylic acids is 2. The molecule has 1 amide bonds. The number of amides is 1. The Morgan fingerprint density at radius 3 is 2.69 bits per heavy atom. The molecule has 0 radical (unpaired) electrons. The third kappa shape index (κ3) is 5.01. The van der Waals surface area contributed by atoms with Crippen LogP contribution in [0.3, 0.4) is 0 Å². The van der Waals surface area contributed by atoms with Crippen LogP contribution in [0.5, 0.6) is 5.75 Å². The summed E-state index contributed by atoms with van der Waals surface area (Å²) in [6.07, 6.45) is 4.68. The highest BCUT2D eigenvalue weighted by Gasteiger charge is 2.12. The highest BCUT2D eigenvalue weighted by molar-refractivity contribution is 7.15. The van der Waals surface area contributed by atoms with Gasteiger partial charge in [-0.1, -0.05) is 23.7 Å². The second-order valence-electron chi connectivity index (χ2n) is 5.77. The number of hydrogen-bond acceptors (Lipinski definition) is 6. The first-order valence-corrected chi connectivity index (χ1v) is 9.67. The van der Waals surface area contributed by atoms with Gasteiger partial charge in [-0.3, -0.25) is 4.79 Å². The zero-order chi connectivity index (χ0) is 20.8. The smallest absolute Gasteiger partial charge is 0.339 e. The maximum absolute atomic E-state index is 12.2. The summed E-state index contributed by atoms with van der Waals surface area (Å²) < 4.78 is 9.87. The minimum Gasteiger partial charge on any atom is -0.497 e. The number of rotatable bonds is 6. The molecule has 1 heterocycles. The second-order valence-corrected chi connectivity index (χ2v) is 7.24. The molecule has 0 aliphatic heterocycles. The number of halogens is 1. The van der Waals surface area contributed by atoms with Crippen LogP contribution in [0.2, 0.25) is 5.02 Å². The van der Waals surface area contributed by atoms with E-state index in [1.54, 1.807) is 49.7 Å². The van der Waals surface area contributed by atoms with Crippen molar-refractivity contribution in [3.63, 3.8) is 0 Å². The van der Waals surface area contributed by atoms with Gasteiger partial charge in [-0.2, -0.15) is 0 Å². The topological polar surface area (TPSA) is 77.5 Å². The Hall–Kier alpha value is -3.16. The van der Waals surface area contributed by atoms with Crippen LogP contribution < -0.4 is 10.1 Å². The third-order valence-electron chi connectivity index (χ3n) is 3.92. The van der Waals surface area contributed by atoms with Crippen molar-refractivity contribution in [3.05, 3.63) is 70.2 Å². The van der Waals surface area contributed by atoms with Crippen molar-refractivity contribution in [2.24, 2.45) is 0 Å². The molecule has 2 aromatic carbocycles. The summed E-state index contributed by atoms with van der Waals surface area (Å²) in [4.78, 5) is 29.2. The number of hydrogen-bond donors (Lipinski definition) is 1. The van der Waals surface area contributed by atoms with E-state index >= 15 is 0 Å². The first kappa shape index (κ1) is 20.6. The molecule has 0 fully saturated rings. The Kier molecular flexibility index (Phi) is 6.64. The van der Waals surface area contributed by atoms with Gasteiger partial charge in [0.1, 0.15) is 10.8 Å². The second kappa shape index (κ2) is 9.36. The Balaban J connectivity index is 1.72. The molecule has 8 heteroatoms. The summed E-state index contributed by atoms with van der Waals surface area (Å²) in [5, 5.41) is 3.94. The van der Waals surface area contributed by atoms with E-state index in [2.05, 4.69) is 10.3 Å². The van der Waals surface area contributed by atoms with E-state index in [-0.39, 0.29) is 11.5 Å². The van der Waals surface area contributed by atoms with Crippen molar-refractivity contribution >= 4 is 46.6 Å². The van der Waals surface area contributed by atoms with Crippen LogP contribution in [0.4, 0.5) is 5.69 Å². The van der Waals surface area contributed by atoms with Gasteiger partial charge in [0.15, 0.2) is 0 Å². The SMILES string of the molecule is COC(=O)c1ccccc1NC(=O)/C=C/c1cnc(-c2ccc(OC)cc2Cl)s1. The van der Waals surface area contributed by atoms with Gasteiger partial charge in [0.2, 0.25) is 5.91 Å². The average molecular weight is 429 g/mol. The molecule has 3 aromatic rings. The average Bonchev–Trinajstić information content (AvgIpc) is 3.20. The fourth-order valence-electron chi connectivity index (χ4n) is 2.50. The maximum atomic E-state index is 12.2. The number of anilines is 1. The Bertz CT molecular complexity index is 1080. The van der Waals surface area contributed by atoms with E-state index in [9.17, 15) is 9.59 Å². The lowest BCUT2D eigenvalue weighted by molar-refractivity contribution is -0.111. The number of para-hydroxylation sites is 1. The summed E-state index contributed by atoms with van der Waals surface area (Å²) in [5.74, 6) is -0.230. The summed E-state index contributed by atoms with van der Waals surface area (Å²) in [5.41, 5.74) is 1.45. The molecule has 3 rings (SSSR count). The van der Waals surface area contributed by atoms with Crippen LogP contribution in [0.1, 0.15) is 15.2 Å². The maximum Gasteiger partial charge on any atom is 0.339 e. The lowest BCUT2D eigenvalue weighted by Gasteiger charge is -2.07. The number of methoxy groups -OCH3 is 2. The summed E-state index contributed by atoms with van der Waals surface area (Å²) in [6, 6.07) is 12.0. The normalized spacial score (nSPS) is 10.7. The van der Waals surface area contributed by atoms with Crippen LogP contribution in [-0.4, -0.2) is 31.1 Å². The molecule has 148 valence electrons. The van der Waals surface area contributed by atoms with E-state index in [1.807, 2.05) is 12.1 Å². The molecule has 1 N–H and O–H groups in total. The van der Waals surface area contributed by atoms with Gasteiger partial charge >= 0.3 is 5.97 Å². The highest BCUT2D eigenvalue weighted by Crippen LogP contribution is 2.34. The van der Waals surface area contributed by atoms with Crippen molar-refractivity contribution in [2.45, 2.75) is 0 Å². The zero-order valence-electron chi connectivity index (χ0n) is 15.6. The fraction of sp³-hybridized carbons (Fsp3) is 0.0952. The first-order chi connectivity index (χ1) is 14.0. The zero-order valence-corrected chi connectivity index (χ0v) is 17.2. The first-order valence-electron chi connectivity index (χ1n) is 8.48. The van der Waals surface area contributed by atoms with Crippen molar-refractivity contribution < 1.29 is 19.1 Å². The molecule has 0 aliphatic carbocycles. The van der Waals surface area contributed by atoms with Crippen LogP contribution in [0.25, 0.3) is 16.6 Å². The van der Waals surface area contributed by atoms with E-state index < -0.39 is 5.97 Å². The van der Waals surface area contributed by atoms with Gasteiger partial charge in [0.05, 0.1) is 30.5 Å². The quantitative estimate of drug-likeness (QED) is 0.445. The molecule has 0 saturated heterocycles. The van der Waals surface area contributed by atoms with Gasteiger partial charge in [-0.25, -0.2) is 9.78 Å². The van der Waals surface area contributed by atoms with Gasteiger partial charge in [0, 0.05) is 22.7 Å². The molecular formula is C21H17ClN2O4S. The lowest BCUT2D eigenvalue weighted by atomic mass is 10.2. The fourth-order valence-corrected chi connectivity index (χ4v) is 3.67. The largest absolute Gasteiger partial charge is 0.497 e. The van der Waals surface area contributed by atoms with Crippen LogP contribution >= 0.6 is 22.9 Å². The van der Waals surface area contributed by atoms with Gasteiger partial charge in [0.25, 0.3) is 0 Å². The van der Waals surface area contributed by atoms with Gasteiger partial charge < -0.3 is 14.8 Å². The minimum atomic E-state index is -0.520. The van der Waals surface area contributed by atoms with Gasteiger partial charge in [-0.15, -0.1) is 11.3 Å². The number of carbonyl (C=O) groups is 2. The summed E-state index contributed by atoms with van der Waals surface area (Å²) in [7, 11) is 2.86. The molecule has 0 atom stereocenters. The Labute approximate surface area is 176 Å². The molecule has 0 bridgehead atoms. The number of ether oxygens (including phenoxy) is 2. The van der Waals surface area contributed by atoms with Gasteiger partial charge in [-0.05, 0) is 36.4 Å². The standard InChI is InChI=1S/C21H17ClN2O4S/c1-27-13-7-9-15(17(22)11-13)20-23-12-14(29-20)8-10-19(25)24-18-6-4-3-5-16(18)21(26)28-2/h3-12H,1-2H3,(H,24,25)/b10-8+. The van der Waals surface area contributed by atoms with Crippen molar-refractivity contribution in [1.29, 1.82) is 0 Å². The Morgan fingerprint density at radius 1 is 1.17 bits per heavy atom. The number of aromatic nitrogens is 1. The molecule has 0 spiro atoms. The van der Waals surface area contributed by atoms with Crippen LogP contribution in [-0.2, 0) is 9.53 Å². The number of esters is 1. The Morgan fingerprint density at radius 2 is 1.97 bits per heavy atom. The number of benzene rings is 2. The van der Waals surface area contributed by atoms with E-state index in [0.717, 1.165) is 15.4 Å².